The normalized spacial score (nSPS) is 16.0. The second-order valence-electron chi connectivity index (χ2n) is 6.79. The van der Waals surface area contributed by atoms with Crippen LogP contribution in [-0.2, 0) is 11.3 Å². The minimum atomic E-state index is -5.08. The zero-order valence-corrected chi connectivity index (χ0v) is 17.7. The molecule has 3 heterocycles. The Hall–Kier alpha value is -2.83. The molecule has 2 aromatic heterocycles. The van der Waals surface area contributed by atoms with Crippen LogP contribution in [0.1, 0.15) is 18.0 Å². The zero-order valence-electron chi connectivity index (χ0n) is 16.2. The van der Waals surface area contributed by atoms with Crippen molar-refractivity contribution < 1.29 is 23.1 Å². The van der Waals surface area contributed by atoms with Crippen LogP contribution in [-0.4, -0.2) is 50.1 Å². The Morgan fingerprint density at radius 2 is 2.03 bits per heavy atom. The summed E-state index contributed by atoms with van der Waals surface area (Å²) in [7, 11) is 0. The molecule has 14 heteroatoms. The van der Waals surface area contributed by atoms with Crippen molar-refractivity contribution in [1.82, 2.24) is 25.1 Å². The van der Waals surface area contributed by atoms with Crippen LogP contribution in [0.25, 0.3) is 11.0 Å². The number of hydrogen-bond donors (Lipinski definition) is 4. The van der Waals surface area contributed by atoms with Gasteiger partial charge in [0.15, 0.2) is 5.52 Å². The van der Waals surface area contributed by atoms with E-state index in [1.165, 1.54) is 0 Å². The van der Waals surface area contributed by atoms with E-state index in [-0.39, 0.29) is 11.6 Å². The number of carboxylic acids is 1. The van der Waals surface area contributed by atoms with Gasteiger partial charge in [0.05, 0.1) is 22.3 Å². The molecule has 172 valence electrons. The lowest BCUT2D eigenvalue weighted by molar-refractivity contribution is -0.192. The maximum absolute atomic E-state index is 12.5. The van der Waals surface area contributed by atoms with Crippen LogP contribution >= 0.6 is 23.2 Å². The van der Waals surface area contributed by atoms with E-state index in [1.807, 2.05) is 6.07 Å². The monoisotopic (exact) mass is 492 g/mol. The molecule has 1 aliphatic rings. The Balaban J connectivity index is 0.000000360. The second kappa shape index (κ2) is 9.76. The maximum Gasteiger partial charge on any atom is 0.490 e. The molecule has 0 amide bonds. The van der Waals surface area contributed by atoms with Crippen molar-refractivity contribution in [2.75, 3.05) is 18.4 Å². The van der Waals surface area contributed by atoms with Crippen LogP contribution in [0.4, 0.5) is 19.1 Å². The number of hydrogen-bond acceptors (Lipinski definition) is 6. The van der Waals surface area contributed by atoms with Gasteiger partial charge in [0.25, 0.3) is 5.56 Å². The highest BCUT2D eigenvalue weighted by Crippen LogP contribution is 2.23. The molecule has 0 aliphatic carbocycles. The van der Waals surface area contributed by atoms with Crippen LogP contribution in [0, 0.1) is 0 Å². The number of carboxylic acid groups (broad SMARTS) is 1. The van der Waals surface area contributed by atoms with Gasteiger partial charge in [-0.3, -0.25) is 14.5 Å². The van der Waals surface area contributed by atoms with Crippen LogP contribution < -0.4 is 16.2 Å². The Bertz CT molecular complexity index is 1170. The molecular formula is C18H17Cl2F3N6O3. The first-order valence-electron chi connectivity index (χ1n) is 9.22. The molecule has 0 spiro atoms. The van der Waals surface area contributed by atoms with E-state index in [4.69, 9.17) is 33.1 Å². The van der Waals surface area contributed by atoms with Gasteiger partial charge in [-0.05, 0) is 30.7 Å². The van der Waals surface area contributed by atoms with E-state index in [2.05, 4.69) is 25.7 Å². The topological polar surface area (TPSA) is 125 Å². The number of carbonyl (C=O) groups is 1. The average Bonchev–Trinajstić information content (AvgIpc) is 3.38. The van der Waals surface area contributed by atoms with Gasteiger partial charge in [0.2, 0.25) is 5.95 Å². The minimum absolute atomic E-state index is 0.190. The Kier molecular flexibility index (Phi) is 7.26. The fourth-order valence-corrected chi connectivity index (χ4v) is 3.34. The predicted octanol–water partition coefficient (Wildman–Crippen LogP) is 3.21. The molecule has 1 fully saturated rings. The molecule has 32 heavy (non-hydrogen) atoms. The summed E-state index contributed by atoms with van der Waals surface area (Å²) in [5, 5.41) is 18.9. The van der Waals surface area contributed by atoms with Gasteiger partial charge in [0, 0.05) is 13.1 Å². The number of anilines is 1. The number of nitrogens with zero attached hydrogens (tertiary/aromatic N) is 3. The third kappa shape index (κ3) is 5.69. The number of fused-ring (bicyclic) bond motifs is 1. The standard InChI is InChI=1S/C16H16Cl2N6O.C2HF3O2/c17-11-2-1-9(5-12(11)18)6-20-16-22-13-8-21-24(10-3-4-19-7-10)14(13)15(25)23-16;3-2(4,5)1(6)7/h1-2,5,8,10,19H,3-4,6-7H2,(H2,20,22,23,25);(H,6,7). The third-order valence-electron chi connectivity index (χ3n) is 4.52. The highest BCUT2D eigenvalue weighted by Gasteiger charge is 2.38. The smallest absolute Gasteiger partial charge is 0.475 e. The summed E-state index contributed by atoms with van der Waals surface area (Å²) < 4.78 is 33.5. The molecule has 1 aromatic carbocycles. The Morgan fingerprint density at radius 3 is 2.62 bits per heavy atom. The maximum atomic E-state index is 12.5. The van der Waals surface area contributed by atoms with E-state index in [0.717, 1.165) is 25.1 Å². The lowest BCUT2D eigenvalue weighted by Gasteiger charge is -2.10. The number of aromatic amines is 1. The van der Waals surface area contributed by atoms with Gasteiger partial charge < -0.3 is 15.7 Å². The van der Waals surface area contributed by atoms with Crippen molar-refractivity contribution in [3.63, 3.8) is 0 Å². The molecule has 0 saturated carbocycles. The summed E-state index contributed by atoms with van der Waals surface area (Å²) in [6.45, 7) is 2.21. The number of rotatable bonds is 4. The predicted molar refractivity (Wildman–Crippen MR) is 112 cm³/mol. The Labute approximate surface area is 188 Å². The molecule has 1 aliphatic heterocycles. The molecule has 3 aromatic rings. The fraction of sp³-hybridized carbons (Fsp3) is 0.333. The van der Waals surface area contributed by atoms with Crippen molar-refractivity contribution in [3.05, 3.63) is 50.4 Å². The molecule has 1 unspecified atom stereocenters. The van der Waals surface area contributed by atoms with Crippen molar-refractivity contribution >= 4 is 46.2 Å². The van der Waals surface area contributed by atoms with E-state index >= 15 is 0 Å². The van der Waals surface area contributed by atoms with Crippen LogP contribution in [0.5, 0.6) is 0 Å². The number of benzene rings is 1. The minimum Gasteiger partial charge on any atom is -0.475 e. The van der Waals surface area contributed by atoms with Crippen molar-refractivity contribution in [1.29, 1.82) is 0 Å². The van der Waals surface area contributed by atoms with Crippen LogP contribution in [0.3, 0.4) is 0 Å². The zero-order chi connectivity index (χ0) is 23.5. The number of halogens is 5. The number of aliphatic carboxylic acids is 1. The van der Waals surface area contributed by atoms with E-state index in [0.29, 0.717) is 33.6 Å². The van der Waals surface area contributed by atoms with Gasteiger partial charge in [-0.25, -0.2) is 9.78 Å². The quantitative estimate of drug-likeness (QED) is 0.440. The second-order valence-corrected chi connectivity index (χ2v) is 7.60. The lowest BCUT2D eigenvalue weighted by atomic mass is 10.2. The first-order valence-corrected chi connectivity index (χ1v) is 9.98. The van der Waals surface area contributed by atoms with Gasteiger partial charge >= 0.3 is 12.1 Å². The number of alkyl halides is 3. The van der Waals surface area contributed by atoms with Crippen LogP contribution in [0.15, 0.2) is 29.2 Å². The summed E-state index contributed by atoms with van der Waals surface area (Å²) in [5.41, 5.74) is 1.82. The van der Waals surface area contributed by atoms with Crippen LogP contribution in [0.2, 0.25) is 10.0 Å². The summed E-state index contributed by atoms with van der Waals surface area (Å²) in [6.07, 6.45) is -2.50. The van der Waals surface area contributed by atoms with Crippen molar-refractivity contribution in [2.45, 2.75) is 25.2 Å². The highest BCUT2D eigenvalue weighted by molar-refractivity contribution is 6.42. The molecule has 4 N–H and O–H groups in total. The molecule has 9 nitrogen and oxygen atoms in total. The molecule has 0 radical (unpaired) electrons. The SMILES string of the molecule is O=C(O)C(F)(F)F.O=c1[nH]c(NCc2ccc(Cl)c(Cl)c2)nc2cnn(C3CCNC3)c12. The van der Waals surface area contributed by atoms with E-state index < -0.39 is 12.1 Å². The summed E-state index contributed by atoms with van der Waals surface area (Å²) in [4.78, 5) is 28.6. The molecule has 4 rings (SSSR count). The van der Waals surface area contributed by atoms with Crippen molar-refractivity contribution in [2.24, 2.45) is 0 Å². The fourth-order valence-electron chi connectivity index (χ4n) is 3.01. The number of nitrogens with one attached hydrogen (secondary N) is 3. The first kappa shape index (κ1) is 23.8. The van der Waals surface area contributed by atoms with Gasteiger partial charge in [-0.15, -0.1) is 0 Å². The summed E-state index contributed by atoms with van der Waals surface area (Å²) >= 11 is 11.9. The van der Waals surface area contributed by atoms with Gasteiger partial charge in [0.1, 0.15) is 5.52 Å². The van der Waals surface area contributed by atoms with Gasteiger partial charge in [-0.1, -0.05) is 29.3 Å². The Morgan fingerprint density at radius 1 is 1.31 bits per heavy atom. The van der Waals surface area contributed by atoms with E-state index in [9.17, 15) is 18.0 Å². The van der Waals surface area contributed by atoms with Gasteiger partial charge in [-0.2, -0.15) is 18.3 Å². The summed E-state index contributed by atoms with van der Waals surface area (Å²) in [6, 6.07) is 5.57. The molecular weight excluding hydrogens is 476 g/mol. The highest BCUT2D eigenvalue weighted by atomic mass is 35.5. The molecule has 1 atom stereocenters. The molecule has 1 saturated heterocycles. The summed E-state index contributed by atoms with van der Waals surface area (Å²) in [5.74, 6) is -2.36. The number of H-pyrrole nitrogens is 1. The first-order chi connectivity index (χ1) is 15.1. The lowest BCUT2D eigenvalue weighted by Crippen LogP contribution is -2.21. The third-order valence-corrected chi connectivity index (χ3v) is 5.26. The molecule has 0 bridgehead atoms. The largest absolute Gasteiger partial charge is 0.490 e. The average molecular weight is 493 g/mol. The van der Waals surface area contributed by atoms with Crippen molar-refractivity contribution in [3.8, 4) is 0 Å². The van der Waals surface area contributed by atoms with E-state index in [1.54, 1.807) is 23.0 Å². The number of aromatic nitrogens is 4.